The monoisotopic (exact) mass is 1340 g/mol. The van der Waals surface area contributed by atoms with Crippen molar-refractivity contribution in [3.8, 4) is 22.6 Å². The number of carbonyl (C=O) groups is 7. The second-order valence-corrected chi connectivity index (χ2v) is 26.2. The third-order valence-corrected chi connectivity index (χ3v) is 18.7. The molecule has 0 aliphatic carbocycles. The molecule has 3 N–H and O–H groups in total. The Morgan fingerprint density at radius 2 is 1.48 bits per heavy atom. The van der Waals surface area contributed by atoms with Crippen LogP contribution in [0.1, 0.15) is 124 Å². The summed E-state index contributed by atoms with van der Waals surface area (Å²) < 4.78 is 21.8. The predicted molar refractivity (Wildman–Crippen MR) is 387 cm³/mol. The maximum absolute atomic E-state index is 14.7. The largest absolute Gasteiger partial charge is 0.493 e. The number of fused-ring (bicyclic) bond motifs is 3. The van der Waals surface area contributed by atoms with Crippen LogP contribution in [-0.4, -0.2) is 116 Å². The fourth-order valence-corrected chi connectivity index (χ4v) is 13.3. The van der Waals surface area contributed by atoms with E-state index in [9.17, 15) is 33.6 Å². The van der Waals surface area contributed by atoms with Crippen LogP contribution in [0.4, 0.5) is 11.5 Å². The molecule has 0 radical (unpaired) electrons. The molecule has 3 amide bonds. The zero-order valence-corrected chi connectivity index (χ0v) is 57.5. The molecule has 0 spiro atoms. The number of ketones is 2. The quantitative estimate of drug-likeness (QED) is 0.0121. The Labute approximate surface area is 583 Å². The van der Waals surface area contributed by atoms with Gasteiger partial charge in [-0.2, -0.15) is 0 Å². The summed E-state index contributed by atoms with van der Waals surface area (Å²) in [7, 11) is 5.01. The van der Waals surface area contributed by atoms with Crippen LogP contribution in [0.15, 0.2) is 200 Å². The second kappa shape index (κ2) is 31.6. The summed E-state index contributed by atoms with van der Waals surface area (Å²) >= 11 is 0. The summed E-state index contributed by atoms with van der Waals surface area (Å²) in [6.45, 7) is 14.8. The number of nitrogens with zero attached hydrogens (tertiary/aromatic N) is 6. The smallest absolute Gasteiger partial charge is 0.306 e. The Balaban J connectivity index is 0.701. The number of aryl methyl sites for hydroxylation is 3. The Bertz CT molecular complexity index is 4510. The highest BCUT2D eigenvalue weighted by Gasteiger charge is 2.37. The summed E-state index contributed by atoms with van der Waals surface area (Å²) in [6.07, 6.45) is 11.1. The van der Waals surface area contributed by atoms with Crippen LogP contribution in [0.3, 0.4) is 0 Å². The highest BCUT2D eigenvalue weighted by atomic mass is 16.5. The number of Topliss-reactive ketones (excluding diaryl/α,β-unsaturated/α-hetero) is 2. The normalized spacial score (nSPS) is 14.1. The Kier molecular flexibility index (Phi) is 22.2. The number of esters is 1. The molecule has 100 heavy (non-hydrogen) atoms. The number of hydrogen-bond donors (Lipinski definition) is 3. The number of unbranched alkanes of at least 4 members (excludes halogenated alkanes) is 1. The molecule has 11 rings (SSSR count). The fraction of sp³-hybridized carbons (Fsp3) is 0.296. The number of aromatic nitrogens is 4. The fourth-order valence-electron chi connectivity index (χ4n) is 13.3. The number of methoxy groups -OCH3 is 1. The summed E-state index contributed by atoms with van der Waals surface area (Å²) in [4.78, 5) is 107. The number of benzene rings is 6. The third-order valence-electron chi connectivity index (χ3n) is 18.7. The lowest BCUT2D eigenvalue weighted by atomic mass is 9.76. The molecule has 3 aromatic heterocycles. The number of nitrogens with one attached hydrogen (secondary N) is 3. The number of anilines is 1. The molecule has 0 bridgehead atoms. The minimum atomic E-state index is -0.860. The standard InChI is InChI=1S/C81H85N9O10/c1-9-38-100-76(94)46-64(52(2)3)78(95)84-66(23-16-17-36-83-81(60-19-12-10-13-20-60,61-21-14-11-15-22-61)62-32-25-53(4)26-33-62)70(91)43-56-29-34-68-58(41-56)35-37-89(68)80(97)69-44-59(50-87(69)6)57-30-27-55(28-31-57)42-71(92)77-86-74(51-88(77)7)85-75(93)24-18-39-99-73-47-67-65(45-72(73)98-8)79(96)90-49-54(5)40-63(90)48-82-67/h9-15,19-22,25-35,37,41,44-45,47-48,50-52,63-64,66,83H,1,5,16-18,23-24,36,38-40,42-43,46,49H2,2-4,6-8H3,(H,84,95)(H,85,93)/t63-,64-,66-/m0/s1. The first-order chi connectivity index (χ1) is 48.3. The molecular weight excluding hydrogens is 1260 g/mol. The van der Waals surface area contributed by atoms with E-state index in [1.807, 2.05) is 118 Å². The maximum Gasteiger partial charge on any atom is 0.306 e. The van der Waals surface area contributed by atoms with Gasteiger partial charge in [0, 0.05) is 81.7 Å². The van der Waals surface area contributed by atoms with Crippen molar-refractivity contribution in [1.82, 2.24) is 34.2 Å². The molecule has 1 saturated heterocycles. The second-order valence-electron chi connectivity index (χ2n) is 26.2. The van der Waals surface area contributed by atoms with Crippen molar-refractivity contribution in [3.05, 3.63) is 246 Å². The molecule has 3 atom stereocenters. The summed E-state index contributed by atoms with van der Waals surface area (Å²) in [5.74, 6) is -1.79. The lowest BCUT2D eigenvalue weighted by Gasteiger charge is -2.37. The van der Waals surface area contributed by atoms with Gasteiger partial charge in [-0.3, -0.25) is 48.4 Å². The van der Waals surface area contributed by atoms with Gasteiger partial charge in [0.25, 0.3) is 11.8 Å². The minimum Gasteiger partial charge on any atom is -0.493 e. The van der Waals surface area contributed by atoms with Crippen LogP contribution in [0.25, 0.3) is 22.0 Å². The van der Waals surface area contributed by atoms with E-state index in [4.69, 9.17) is 14.2 Å². The van der Waals surface area contributed by atoms with Crippen LogP contribution in [0.2, 0.25) is 0 Å². The number of aliphatic imine (C=N–C) groups is 1. The molecule has 2 aliphatic rings. The molecule has 0 unspecified atom stereocenters. The topological polar surface area (TPSA) is 227 Å². The van der Waals surface area contributed by atoms with Crippen molar-refractivity contribution in [2.45, 2.75) is 96.2 Å². The van der Waals surface area contributed by atoms with Crippen LogP contribution in [0.5, 0.6) is 11.5 Å². The number of amides is 3. The van der Waals surface area contributed by atoms with E-state index in [-0.39, 0.29) is 91.8 Å². The Hall–Kier alpha value is -11.1. The van der Waals surface area contributed by atoms with Gasteiger partial charge in [0.2, 0.25) is 17.6 Å². The van der Waals surface area contributed by atoms with E-state index in [1.54, 1.807) is 56.4 Å². The molecule has 6 aromatic carbocycles. The summed E-state index contributed by atoms with van der Waals surface area (Å²) in [5.41, 5.74) is 9.80. The SMILES string of the molecule is C=CCOC(=O)C[C@H](C(=O)N[C@@H](CCCCNC(c1ccccc1)(c1ccccc1)c1ccc(C)cc1)C(=O)Cc1ccc2c(ccn2C(=O)c2cc(-c3ccc(CC(=O)c4nc(NC(=O)CCCOc5cc6c(cc5OC)C(=O)N5CC(=C)C[C@H]5C=N6)cn4C)cc3)cn2C)c1)C(C)C. The lowest BCUT2D eigenvalue weighted by Crippen LogP contribution is -2.46. The molecule has 5 heterocycles. The van der Waals surface area contributed by atoms with E-state index < -0.39 is 29.4 Å². The van der Waals surface area contributed by atoms with Crippen LogP contribution in [0, 0.1) is 18.8 Å². The van der Waals surface area contributed by atoms with Gasteiger partial charge >= 0.3 is 5.97 Å². The first-order valence-corrected chi connectivity index (χ1v) is 34.0. The van der Waals surface area contributed by atoms with Gasteiger partial charge in [-0.15, -0.1) is 0 Å². The molecule has 9 aromatic rings. The molecule has 19 nitrogen and oxygen atoms in total. The first kappa shape index (κ1) is 70.3. The number of ether oxygens (including phenoxy) is 3. The molecule has 1 fully saturated rings. The first-order valence-electron chi connectivity index (χ1n) is 34.0. The van der Waals surface area contributed by atoms with E-state index in [0.29, 0.717) is 84.7 Å². The van der Waals surface area contributed by atoms with Gasteiger partial charge < -0.3 is 38.9 Å². The zero-order valence-electron chi connectivity index (χ0n) is 57.5. The minimum absolute atomic E-state index is 0.0114. The van der Waals surface area contributed by atoms with E-state index in [0.717, 1.165) is 49.9 Å². The lowest BCUT2D eigenvalue weighted by molar-refractivity contribution is -0.146. The number of hydrogen-bond acceptors (Lipinski definition) is 13. The van der Waals surface area contributed by atoms with E-state index >= 15 is 0 Å². The van der Waals surface area contributed by atoms with E-state index in [1.165, 1.54) is 13.2 Å². The summed E-state index contributed by atoms with van der Waals surface area (Å²) in [5, 5.41) is 10.6. The van der Waals surface area contributed by atoms with Crippen LogP contribution < -0.4 is 25.4 Å². The average molecular weight is 1340 g/mol. The van der Waals surface area contributed by atoms with Gasteiger partial charge in [-0.25, -0.2) is 4.98 Å². The molecule has 2 aliphatic heterocycles. The number of carbonyl (C=O) groups excluding carboxylic acids is 7. The van der Waals surface area contributed by atoms with Crippen molar-refractivity contribution in [2.75, 3.05) is 38.7 Å². The van der Waals surface area contributed by atoms with Crippen molar-refractivity contribution >= 4 is 69.8 Å². The van der Waals surface area contributed by atoms with Gasteiger partial charge in [0.05, 0.1) is 60.4 Å². The highest BCUT2D eigenvalue weighted by molar-refractivity contribution is 6.05. The van der Waals surface area contributed by atoms with Crippen molar-refractivity contribution in [3.63, 3.8) is 0 Å². The highest BCUT2D eigenvalue weighted by Crippen LogP contribution is 2.40. The Morgan fingerprint density at radius 3 is 2.18 bits per heavy atom. The van der Waals surface area contributed by atoms with Crippen LogP contribution >= 0.6 is 0 Å². The van der Waals surface area contributed by atoms with Crippen molar-refractivity contribution < 1.29 is 47.8 Å². The molecule has 0 saturated carbocycles. The zero-order chi connectivity index (χ0) is 70.6. The maximum atomic E-state index is 14.7. The van der Waals surface area contributed by atoms with Gasteiger partial charge in [0.1, 0.15) is 12.3 Å². The van der Waals surface area contributed by atoms with Gasteiger partial charge in [-0.1, -0.05) is 159 Å². The van der Waals surface area contributed by atoms with Crippen molar-refractivity contribution in [2.24, 2.45) is 30.9 Å². The molecular formula is C81H85N9O10. The van der Waals surface area contributed by atoms with E-state index in [2.05, 4.69) is 94.5 Å². The molecule has 514 valence electrons. The van der Waals surface area contributed by atoms with Gasteiger partial charge in [0.15, 0.2) is 28.9 Å². The van der Waals surface area contributed by atoms with Crippen LogP contribution in [-0.2, 0) is 56.4 Å². The van der Waals surface area contributed by atoms with Crippen molar-refractivity contribution in [1.29, 1.82) is 0 Å². The number of rotatable bonds is 31. The molecule has 19 heteroatoms. The van der Waals surface area contributed by atoms with Gasteiger partial charge in [-0.05, 0) is 115 Å². The third kappa shape index (κ3) is 16.1. The number of imidazole rings is 1. The predicted octanol–water partition coefficient (Wildman–Crippen LogP) is 12.8. The Morgan fingerprint density at radius 1 is 0.770 bits per heavy atom. The summed E-state index contributed by atoms with van der Waals surface area (Å²) in [6, 6.07) is 48.4. The average Bonchev–Trinajstić information content (AvgIpc) is 0.872.